The van der Waals surface area contributed by atoms with Gasteiger partial charge in [0.05, 0.1) is 0 Å². The predicted octanol–water partition coefficient (Wildman–Crippen LogP) is 3.08. The van der Waals surface area contributed by atoms with Gasteiger partial charge in [-0.2, -0.15) is 0 Å². The first kappa shape index (κ1) is 8.22. The van der Waals surface area contributed by atoms with E-state index >= 15 is 0 Å². The number of rotatable bonds is 3. The zero-order chi connectivity index (χ0) is 7.28. The van der Waals surface area contributed by atoms with Gasteiger partial charge in [-0.15, -0.1) is 6.58 Å². The standard InChI is InChI=1S/C9H14/c1-5-6-9(4)7-8(2)3/h5,7H,1,4,6H2,2-3H3. The van der Waals surface area contributed by atoms with Crippen LogP contribution < -0.4 is 0 Å². The van der Waals surface area contributed by atoms with Gasteiger partial charge in [-0.3, -0.25) is 0 Å². The molecule has 0 amide bonds. The van der Waals surface area contributed by atoms with Crippen molar-refractivity contribution in [2.24, 2.45) is 0 Å². The summed E-state index contributed by atoms with van der Waals surface area (Å²) in [6, 6.07) is 0. The molecule has 0 atom stereocenters. The van der Waals surface area contributed by atoms with Gasteiger partial charge < -0.3 is 0 Å². The summed E-state index contributed by atoms with van der Waals surface area (Å²) in [4.78, 5) is 0. The molecule has 0 fully saturated rings. The van der Waals surface area contributed by atoms with Gasteiger partial charge in [-0.1, -0.05) is 29.9 Å². The fraction of sp³-hybridized carbons (Fsp3) is 0.333. The van der Waals surface area contributed by atoms with Gasteiger partial charge in [-0.25, -0.2) is 0 Å². The summed E-state index contributed by atoms with van der Waals surface area (Å²) in [5, 5.41) is 0. The van der Waals surface area contributed by atoms with Crippen molar-refractivity contribution in [1.82, 2.24) is 0 Å². The Morgan fingerprint density at radius 2 is 2.00 bits per heavy atom. The van der Waals surface area contributed by atoms with Crippen LogP contribution in [0.5, 0.6) is 0 Å². The van der Waals surface area contributed by atoms with Crippen LogP contribution in [-0.4, -0.2) is 0 Å². The van der Waals surface area contributed by atoms with Crippen molar-refractivity contribution in [3.63, 3.8) is 0 Å². The van der Waals surface area contributed by atoms with Crippen molar-refractivity contribution >= 4 is 0 Å². The minimum absolute atomic E-state index is 0.894. The molecule has 0 N–H and O–H groups in total. The second kappa shape index (κ2) is 4.13. The molecular weight excluding hydrogens is 108 g/mol. The molecule has 0 aromatic heterocycles. The predicted molar refractivity (Wildman–Crippen MR) is 43.4 cm³/mol. The highest BCUT2D eigenvalue weighted by Gasteiger charge is 1.82. The fourth-order valence-corrected chi connectivity index (χ4v) is 0.653. The SMILES string of the molecule is C=CCC(=C)C=C(C)C. The van der Waals surface area contributed by atoms with E-state index in [1.807, 2.05) is 6.08 Å². The third-order valence-corrected chi connectivity index (χ3v) is 0.899. The number of hydrogen-bond acceptors (Lipinski definition) is 0. The highest BCUT2D eigenvalue weighted by Crippen LogP contribution is 2.03. The minimum atomic E-state index is 0.894. The van der Waals surface area contributed by atoms with Crippen LogP contribution in [0.2, 0.25) is 0 Å². The average Bonchev–Trinajstić information content (AvgIpc) is 1.63. The zero-order valence-corrected chi connectivity index (χ0v) is 6.28. The van der Waals surface area contributed by atoms with E-state index in [0.29, 0.717) is 0 Å². The second-order valence-corrected chi connectivity index (χ2v) is 2.37. The molecular formula is C9H14. The van der Waals surface area contributed by atoms with E-state index in [-0.39, 0.29) is 0 Å². The van der Waals surface area contributed by atoms with Crippen LogP contribution in [0.4, 0.5) is 0 Å². The minimum Gasteiger partial charge on any atom is -0.103 e. The first-order valence-corrected chi connectivity index (χ1v) is 3.10. The van der Waals surface area contributed by atoms with Crippen LogP contribution >= 0.6 is 0 Å². The molecule has 50 valence electrons. The fourth-order valence-electron chi connectivity index (χ4n) is 0.653. The van der Waals surface area contributed by atoms with Crippen molar-refractivity contribution in [2.75, 3.05) is 0 Å². The largest absolute Gasteiger partial charge is 0.103 e. The van der Waals surface area contributed by atoms with Crippen LogP contribution in [0.3, 0.4) is 0 Å². The van der Waals surface area contributed by atoms with Gasteiger partial charge in [0, 0.05) is 0 Å². The lowest BCUT2D eigenvalue weighted by molar-refractivity contribution is 1.27. The molecule has 0 aromatic rings. The average molecular weight is 122 g/mol. The monoisotopic (exact) mass is 122 g/mol. The molecule has 0 aliphatic rings. The van der Waals surface area contributed by atoms with Crippen LogP contribution in [-0.2, 0) is 0 Å². The number of hydrogen-bond donors (Lipinski definition) is 0. The lowest BCUT2D eigenvalue weighted by Gasteiger charge is -1.92. The van der Waals surface area contributed by atoms with Crippen molar-refractivity contribution in [3.8, 4) is 0 Å². The second-order valence-electron chi connectivity index (χ2n) is 2.37. The van der Waals surface area contributed by atoms with E-state index in [1.165, 1.54) is 5.57 Å². The van der Waals surface area contributed by atoms with E-state index in [0.717, 1.165) is 12.0 Å². The first-order chi connectivity index (χ1) is 4.16. The lowest BCUT2D eigenvalue weighted by atomic mass is 10.1. The molecule has 0 heterocycles. The zero-order valence-electron chi connectivity index (χ0n) is 6.28. The lowest BCUT2D eigenvalue weighted by Crippen LogP contribution is -1.72. The molecule has 0 spiro atoms. The highest BCUT2D eigenvalue weighted by atomic mass is 13.9. The Balaban J connectivity index is 3.76. The summed E-state index contributed by atoms with van der Waals surface area (Å²) in [6.07, 6.45) is 4.83. The molecule has 0 saturated heterocycles. The molecule has 0 radical (unpaired) electrons. The molecule has 0 saturated carbocycles. The van der Waals surface area contributed by atoms with E-state index < -0.39 is 0 Å². The van der Waals surface area contributed by atoms with Crippen LogP contribution in [0.15, 0.2) is 36.5 Å². The maximum absolute atomic E-state index is 3.84. The van der Waals surface area contributed by atoms with E-state index in [1.54, 1.807) is 0 Å². The Labute approximate surface area is 57.6 Å². The third-order valence-electron chi connectivity index (χ3n) is 0.899. The molecule has 0 aliphatic carbocycles. The third kappa shape index (κ3) is 5.09. The summed E-state index contributed by atoms with van der Waals surface area (Å²) in [6.45, 7) is 11.6. The van der Waals surface area contributed by atoms with Gasteiger partial charge in [0.15, 0.2) is 0 Å². The summed E-state index contributed by atoms with van der Waals surface area (Å²) < 4.78 is 0. The topological polar surface area (TPSA) is 0 Å². The quantitative estimate of drug-likeness (QED) is 0.398. The Kier molecular flexibility index (Phi) is 3.78. The Morgan fingerprint density at radius 3 is 2.33 bits per heavy atom. The molecule has 0 aromatic carbocycles. The maximum atomic E-state index is 3.84. The molecule has 0 nitrogen and oxygen atoms in total. The van der Waals surface area contributed by atoms with Crippen molar-refractivity contribution in [2.45, 2.75) is 20.3 Å². The number of allylic oxidation sites excluding steroid dienone is 4. The highest BCUT2D eigenvalue weighted by molar-refractivity contribution is 5.20. The molecule has 0 aliphatic heterocycles. The van der Waals surface area contributed by atoms with Gasteiger partial charge in [0.1, 0.15) is 0 Å². The van der Waals surface area contributed by atoms with Crippen molar-refractivity contribution < 1.29 is 0 Å². The molecule has 0 rings (SSSR count). The Bertz CT molecular complexity index is 134. The smallest absolute Gasteiger partial charge is 0.0106 e. The molecule has 0 unspecified atom stereocenters. The molecule has 0 bridgehead atoms. The van der Waals surface area contributed by atoms with E-state index in [2.05, 4.69) is 33.1 Å². The maximum Gasteiger partial charge on any atom is -0.0106 e. The summed E-state index contributed by atoms with van der Waals surface area (Å²) in [5.41, 5.74) is 2.42. The normalized spacial score (nSPS) is 8.22. The van der Waals surface area contributed by atoms with E-state index in [9.17, 15) is 0 Å². The Hall–Kier alpha value is -0.780. The molecule has 9 heavy (non-hydrogen) atoms. The van der Waals surface area contributed by atoms with Crippen LogP contribution in [0.25, 0.3) is 0 Å². The molecule has 0 heteroatoms. The van der Waals surface area contributed by atoms with Gasteiger partial charge >= 0.3 is 0 Å². The van der Waals surface area contributed by atoms with Crippen LogP contribution in [0.1, 0.15) is 20.3 Å². The van der Waals surface area contributed by atoms with Gasteiger partial charge in [0.2, 0.25) is 0 Å². The summed E-state index contributed by atoms with van der Waals surface area (Å²) >= 11 is 0. The van der Waals surface area contributed by atoms with Crippen molar-refractivity contribution in [1.29, 1.82) is 0 Å². The summed E-state index contributed by atoms with van der Waals surface area (Å²) in [5.74, 6) is 0. The van der Waals surface area contributed by atoms with Gasteiger partial charge in [0.25, 0.3) is 0 Å². The van der Waals surface area contributed by atoms with Crippen LogP contribution in [0, 0.1) is 0 Å². The Morgan fingerprint density at radius 1 is 1.44 bits per heavy atom. The van der Waals surface area contributed by atoms with E-state index in [4.69, 9.17) is 0 Å². The first-order valence-electron chi connectivity index (χ1n) is 3.10. The van der Waals surface area contributed by atoms with Gasteiger partial charge in [-0.05, 0) is 20.3 Å². The summed E-state index contributed by atoms with van der Waals surface area (Å²) in [7, 11) is 0. The van der Waals surface area contributed by atoms with Crippen molar-refractivity contribution in [3.05, 3.63) is 36.5 Å².